The molecule has 0 bridgehead atoms. The van der Waals surface area contributed by atoms with Crippen LogP contribution < -0.4 is 5.32 Å². The van der Waals surface area contributed by atoms with Gasteiger partial charge in [0.15, 0.2) is 11.6 Å². The van der Waals surface area contributed by atoms with Crippen LogP contribution in [0.4, 0.5) is 13.2 Å². The summed E-state index contributed by atoms with van der Waals surface area (Å²) >= 11 is 0. The van der Waals surface area contributed by atoms with Crippen LogP contribution in [0, 0.1) is 24.4 Å². The fraction of sp³-hybridized carbons (Fsp3) is 0.294. The van der Waals surface area contributed by atoms with Crippen LogP contribution in [0.1, 0.15) is 36.1 Å². The Morgan fingerprint density at radius 3 is 2.48 bits per heavy atom. The number of nitrogens with one attached hydrogen (secondary N) is 1. The molecule has 0 saturated heterocycles. The van der Waals surface area contributed by atoms with Gasteiger partial charge in [-0.1, -0.05) is 31.2 Å². The average Bonchev–Trinajstić information content (AvgIpc) is 2.47. The van der Waals surface area contributed by atoms with E-state index >= 15 is 0 Å². The molecule has 2 aromatic rings. The second-order valence-corrected chi connectivity index (χ2v) is 5.04. The lowest BCUT2D eigenvalue weighted by atomic mass is 9.96. The zero-order chi connectivity index (χ0) is 15.4. The predicted octanol–water partition coefficient (Wildman–Crippen LogP) is 4.50. The van der Waals surface area contributed by atoms with Crippen molar-refractivity contribution >= 4 is 0 Å². The Kier molecular flexibility index (Phi) is 5.02. The van der Waals surface area contributed by atoms with Crippen LogP contribution in [0.15, 0.2) is 36.4 Å². The Morgan fingerprint density at radius 2 is 1.81 bits per heavy atom. The average molecular weight is 293 g/mol. The van der Waals surface area contributed by atoms with Crippen molar-refractivity contribution in [1.82, 2.24) is 5.32 Å². The second kappa shape index (κ2) is 6.76. The molecule has 0 aliphatic carbocycles. The van der Waals surface area contributed by atoms with Gasteiger partial charge in [0.25, 0.3) is 0 Å². The predicted molar refractivity (Wildman–Crippen MR) is 77.6 cm³/mol. The number of hydrogen-bond donors (Lipinski definition) is 1. The highest BCUT2D eigenvalue weighted by molar-refractivity contribution is 5.35. The zero-order valence-corrected chi connectivity index (χ0v) is 12.1. The van der Waals surface area contributed by atoms with E-state index in [1.165, 1.54) is 12.1 Å². The Balaban J connectivity index is 2.47. The summed E-state index contributed by atoms with van der Waals surface area (Å²) in [5, 5.41) is 3.19. The third-order valence-corrected chi connectivity index (χ3v) is 3.41. The van der Waals surface area contributed by atoms with Crippen LogP contribution in [0.5, 0.6) is 0 Å². The molecule has 0 radical (unpaired) electrons. The van der Waals surface area contributed by atoms with Gasteiger partial charge in [0.1, 0.15) is 5.82 Å². The molecule has 1 nitrogen and oxygen atoms in total. The Bertz CT molecular complexity index is 625. The zero-order valence-electron chi connectivity index (χ0n) is 12.1. The monoisotopic (exact) mass is 293 g/mol. The van der Waals surface area contributed by atoms with Crippen molar-refractivity contribution in [2.75, 3.05) is 6.54 Å². The lowest BCUT2D eigenvalue weighted by molar-refractivity contribution is 0.480. The standard InChI is InChI=1S/C17H18F3N/c1-3-9-21-17(12-7-8-14(18)11(2)10-12)13-5-4-6-15(19)16(13)20/h4-8,10,17,21H,3,9H2,1-2H3. The van der Waals surface area contributed by atoms with Gasteiger partial charge in [-0.25, -0.2) is 13.2 Å². The molecule has 0 heterocycles. The molecular weight excluding hydrogens is 275 g/mol. The Morgan fingerprint density at radius 1 is 1.05 bits per heavy atom. The number of hydrogen-bond acceptors (Lipinski definition) is 1. The molecule has 0 aromatic heterocycles. The molecule has 112 valence electrons. The van der Waals surface area contributed by atoms with Gasteiger partial charge in [0.2, 0.25) is 0 Å². The largest absolute Gasteiger partial charge is 0.306 e. The molecule has 0 spiro atoms. The molecule has 21 heavy (non-hydrogen) atoms. The van der Waals surface area contributed by atoms with Crippen molar-refractivity contribution in [3.8, 4) is 0 Å². The van der Waals surface area contributed by atoms with E-state index in [1.54, 1.807) is 25.1 Å². The maximum Gasteiger partial charge on any atom is 0.163 e. The lowest BCUT2D eigenvalue weighted by Crippen LogP contribution is -2.24. The van der Waals surface area contributed by atoms with Crippen molar-refractivity contribution in [2.45, 2.75) is 26.3 Å². The highest BCUT2D eigenvalue weighted by atomic mass is 19.2. The van der Waals surface area contributed by atoms with Gasteiger partial charge in [-0.3, -0.25) is 0 Å². The van der Waals surface area contributed by atoms with Crippen LogP contribution in [-0.2, 0) is 0 Å². The molecule has 2 aromatic carbocycles. The third-order valence-electron chi connectivity index (χ3n) is 3.41. The van der Waals surface area contributed by atoms with E-state index in [9.17, 15) is 13.2 Å². The Hall–Kier alpha value is -1.81. The normalized spacial score (nSPS) is 12.4. The van der Waals surface area contributed by atoms with E-state index < -0.39 is 17.7 Å². The quantitative estimate of drug-likeness (QED) is 0.855. The minimum Gasteiger partial charge on any atom is -0.306 e. The number of benzene rings is 2. The van der Waals surface area contributed by atoms with Gasteiger partial charge in [-0.2, -0.15) is 0 Å². The number of aryl methyl sites for hydroxylation is 1. The second-order valence-electron chi connectivity index (χ2n) is 5.04. The number of halogens is 3. The fourth-order valence-corrected chi connectivity index (χ4v) is 2.29. The minimum absolute atomic E-state index is 0.231. The summed E-state index contributed by atoms with van der Waals surface area (Å²) in [5.41, 5.74) is 1.42. The molecule has 1 unspecified atom stereocenters. The van der Waals surface area contributed by atoms with Gasteiger partial charge < -0.3 is 5.32 Å². The van der Waals surface area contributed by atoms with Crippen LogP contribution >= 0.6 is 0 Å². The first-order valence-corrected chi connectivity index (χ1v) is 6.98. The molecule has 1 atom stereocenters. The molecule has 0 aliphatic rings. The molecule has 1 N–H and O–H groups in total. The van der Waals surface area contributed by atoms with Crippen LogP contribution in [0.2, 0.25) is 0 Å². The smallest absolute Gasteiger partial charge is 0.163 e. The van der Waals surface area contributed by atoms with Crippen molar-refractivity contribution in [3.05, 3.63) is 70.5 Å². The van der Waals surface area contributed by atoms with E-state index in [0.29, 0.717) is 17.7 Å². The van der Waals surface area contributed by atoms with Crippen LogP contribution in [0.3, 0.4) is 0 Å². The molecule has 0 aliphatic heterocycles. The highest BCUT2D eigenvalue weighted by Crippen LogP contribution is 2.27. The molecular formula is C17H18F3N. The van der Waals surface area contributed by atoms with Crippen molar-refractivity contribution in [3.63, 3.8) is 0 Å². The van der Waals surface area contributed by atoms with E-state index in [2.05, 4.69) is 5.32 Å². The minimum atomic E-state index is -0.880. The molecule has 4 heteroatoms. The SMILES string of the molecule is CCCNC(c1ccc(F)c(C)c1)c1cccc(F)c1F. The van der Waals surface area contributed by atoms with Gasteiger partial charge in [-0.05, 0) is 43.1 Å². The van der Waals surface area contributed by atoms with E-state index in [0.717, 1.165) is 12.5 Å². The third kappa shape index (κ3) is 3.45. The number of rotatable bonds is 5. The first-order valence-electron chi connectivity index (χ1n) is 6.98. The van der Waals surface area contributed by atoms with E-state index in [1.807, 2.05) is 6.92 Å². The molecule has 0 fully saturated rings. The highest BCUT2D eigenvalue weighted by Gasteiger charge is 2.20. The summed E-state index contributed by atoms with van der Waals surface area (Å²) in [6, 6.07) is 8.22. The van der Waals surface area contributed by atoms with Crippen molar-refractivity contribution < 1.29 is 13.2 Å². The molecule has 2 rings (SSSR count). The van der Waals surface area contributed by atoms with E-state index in [4.69, 9.17) is 0 Å². The first-order chi connectivity index (χ1) is 10.0. The van der Waals surface area contributed by atoms with Crippen LogP contribution in [0.25, 0.3) is 0 Å². The molecule has 0 saturated carbocycles. The summed E-state index contributed by atoms with van der Waals surface area (Å²) in [6.07, 6.45) is 0.855. The lowest BCUT2D eigenvalue weighted by Gasteiger charge is -2.21. The van der Waals surface area contributed by atoms with Gasteiger partial charge >= 0.3 is 0 Å². The first kappa shape index (κ1) is 15.6. The van der Waals surface area contributed by atoms with Crippen LogP contribution in [-0.4, -0.2) is 6.54 Å². The maximum absolute atomic E-state index is 14.1. The fourth-order valence-electron chi connectivity index (χ4n) is 2.29. The van der Waals surface area contributed by atoms with Gasteiger partial charge in [-0.15, -0.1) is 0 Å². The maximum atomic E-state index is 14.1. The summed E-state index contributed by atoms with van der Waals surface area (Å²) in [7, 11) is 0. The summed E-state index contributed by atoms with van der Waals surface area (Å²) in [4.78, 5) is 0. The summed E-state index contributed by atoms with van der Waals surface area (Å²) in [6.45, 7) is 4.29. The van der Waals surface area contributed by atoms with Crippen molar-refractivity contribution in [1.29, 1.82) is 0 Å². The summed E-state index contributed by atoms with van der Waals surface area (Å²) < 4.78 is 40.9. The molecule has 0 amide bonds. The summed E-state index contributed by atoms with van der Waals surface area (Å²) in [5.74, 6) is -2.06. The van der Waals surface area contributed by atoms with E-state index in [-0.39, 0.29) is 11.4 Å². The van der Waals surface area contributed by atoms with Gasteiger partial charge in [0, 0.05) is 5.56 Å². The topological polar surface area (TPSA) is 12.0 Å². The van der Waals surface area contributed by atoms with Gasteiger partial charge in [0.05, 0.1) is 6.04 Å². The van der Waals surface area contributed by atoms with Crippen molar-refractivity contribution in [2.24, 2.45) is 0 Å². The Labute approximate surface area is 122 Å².